The highest BCUT2D eigenvalue weighted by atomic mass is 35.5. The molecule has 0 spiro atoms. The Balaban J connectivity index is 0.00000261. The molecule has 2 amide bonds. The molecule has 0 bridgehead atoms. The average Bonchev–Trinajstić information content (AvgIpc) is 3.13. The number of thiophene rings is 1. The molecule has 146 valence electrons. The summed E-state index contributed by atoms with van der Waals surface area (Å²) in [7, 11) is 0. The van der Waals surface area contributed by atoms with Crippen LogP contribution in [0, 0.1) is 0 Å². The van der Waals surface area contributed by atoms with E-state index in [0.29, 0.717) is 31.1 Å². The quantitative estimate of drug-likeness (QED) is 0.736. The van der Waals surface area contributed by atoms with Crippen molar-refractivity contribution in [3.05, 3.63) is 46.2 Å². The zero-order valence-electron chi connectivity index (χ0n) is 15.0. The molecule has 1 aliphatic heterocycles. The van der Waals surface area contributed by atoms with Gasteiger partial charge in [0.1, 0.15) is 12.4 Å². The second-order valence-electron chi connectivity index (χ2n) is 6.14. The van der Waals surface area contributed by atoms with Crippen molar-refractivity contribution in [1.29, 1.82) is 0 Å². The summed E-state index contributed by atoms with van der Waals surface area (Å²) in [5.74, 6) is 0.575. The molecule has 0 saturated heterocycles. The predicted molar refractivity (Wildman–Crippen MR) is 110 cm³/mol. The van der Waals surface area contributed by atoms with Gasteiger partial charge < -0.3 is 20.7 Å². The summed E-state index contributed by atoms with van der Waals surface area (Å²) in [4.78, 5) is 27.6. The van der Waals surface area contributed by atoms with E-state index in [-0.39, 0.29) is 37.1 Å². The van der Waals surface area contributed by atoms with Gasteiger partial charge in [-0.25, -0.2) is 0 Å². The zero-order chi connectivity index (χ0) is 18.4. The largest absolute Gasteiger partial charge is 0.492 e. The van der Waals surface area contributed by atoms with Crippen LogP contribution in [0.1, 0.15) is 23.3 Å². The van der Waals surface area contributed by atoms with Gasteiger partial charge in [-0.05, 0) is 47.7 Å². The number of fused-ring (bicyclic) bond motifs is 1. The van der Waals surface area contributed by atoms with E-state index >= 15 is 0 Å². The summed E-state index contributed by atoms with van der Waals surface area (Å²) >= 11 is 1.75. The maximum Gasteiger partial charge on any atom is 0.224 e. The van der Waals surface area contributed by atoms with Gasteiger partial charge in [0.2, 0.25) is 11.8 Å². The highest BCUT2D eigenvalue weighted by Crippen LogP contribution is 2.24. The van der Waals surface area contributed by atoms with Crippen LogP contribution in [-0.2, 0) is 22.6 Å². The van der Waals surface area contributed by atoms with E-state index < -0.39 is 0 Å². The molecule has 1 aliphatic rings. The van der Waals surface area contributed by atoms with Gasteiger partial charge in [-0.2, -0.15) is 0 Å². The van der Waals surface area contributed by atoms with Crippen molar-refractivity contribution in [2.45, 2.75) is 25.8 Å². The highest BCUT2D eigenvalue weighted by Gasteiger charge is 2.21. The number of rotatable bonds is 7. The van der Waals surface area contributed by atoms with Gasteiger partial charge in [0, 0.05) is 43.0 Å². The van der Waals surface area contributed by atoms with Crippen LogP contribution in [-0.4, -0.2) is 36.4 Å². The van der Waals surface area contributed by atoms with Gasteiger partial charge in [-0.15, -0.1) is 23.7 Å². The lowest BCUT2D eigenvalue weighted by Gasteiger charge is -2.27. The lowest BCUT2D eigenvalue weighted by Crippen LogP contribution is -2.35. The van der Waals surface area contributed by atoms with Gasteiger partial charge in [-0.1, -0.05) is 0 Å². The van der Waals surface area contributed by atoms with Gasteiger partial charge in [0.05, 0.1) is 0 Å². The first-order valence-electron chi connectivity index (χ1n) is 8.71. The van der Waals surface area contributed by atoms with Gasteiger partial charge in [-0.3, -0.25) is 9.59 Å². The van der Waals surface area contributed by atoms with Crippen LogP contribution in [0.15, 0.2) is 35.7 Å². The number of anilines is 1. The predicted octanol–water partition coefficient (Wildman–Crippen LogP) is 2.81. The van der Waals surface area contributed by atoms with Crippen molar-refractivity contribution < 1.29 is 14.3 Å². The maximum atomic E-state index is 12.4. The van der Waals surface area contributed by atoms with Crippen LogP contribution in [0.25, 0.3) is 0 Å². The van der Waals surface area contributed by atoms with E-state index in [9.17, 15) is 9.59 Å². The standard InChI is InChI=1S/C19H23N3O3S.ClH/c20-9-11-25-16-3-1-15(2-4-16)21-18(23)5-6-19(24)22-10-7-17-14(13-22)8-12-26-17;/h1-4,8,12H,5-7,9-11,13,20H2,(H,21,23);1H. The van der Waals surface area contributed by atoms with Crippen molar-refractivity contribution in [3.63, 3.8) is 0 Å². The van der Waals surface area contributed by atoms with E-state index in [1.54, 1.807) is 35.6 Å². The van der Waals surface area contributed by atoms with Gasteiger partial charge >= 0.3 is 0 Å². The molecule has 27 heavy (non-hydrogen) atoms. The molecular weight excluding hydrogens is 386 g/mol. The summed E-state index contributed by atoms with van der Waals surface area (Å²) in [5, 5.41) is 4.87. The number of nitrogens with one attached hydrogen (secondary N) is 1. The topological polar surface area (TPSA) is 84.7 Å². The SMILES string of the molecule is Cl.NCCOc1ccc(NC(=O)CCC(=O)N2CCc3sccc3C2)cc1. The molecule has 0 fully saturated rings. The Kier molecular flexibility index (Phi) is 8.09. The third-order valence-electron chi connectivity index (χ3n) is 4.25. The molecule has 0 atom stereocenters. The number of nitrogens with two attached hydrogens (primary N) is 1. The Hall–Kier alpha value is -2.09. The number of carbonyl (C=O) groups is 2. The first-order valence-corrected chi connectivity index (χ1v) is 9.59. The fraction of sp³-hybridized carbons (Fsp3) is 0.368. The van der Waals surface area contributed by atoms with Gasteiger partial charge in [0.25, 0.3) is 0 Å². The molecule has 3 rings (SSSR count). The van der Waals surface area contributed by atoms with Crippen molar-refractivity contribution in [2.75, 3.05) is 25.0 Å². The number of halogens is 1. The molecule has 3 N–H and O–H groups in total. The summed E-state index contributed by atoms with van der Waals surface area (Å²) in [6.45, 7) is 2.30. The lowest BCUT2D eigenvalue weighted by molar-refractivity contribution is -0.133. The number of benzene rings is 1. The van der Waals surface area contributed by atoms with Crippen LogP contribution < -0.4 is 15.8 Å². The summed E-state index contributed by atoms with van der Waals surface area (Å²) < 4.78 is 5.39. The second-order valence-corrected chi connectivity index (χ2v) is 7.14. The van der Waals surface area contributed by atoms with Crippen LogP contribution in [0.3, 0.4) is 0 Å². The number of nitrogens with zero attached hydrogens (tertiary/aromatic N) is 1. The van der Waals surface area contributed by atoms with E-state index in [0.717, 1.165) is 13.0 Å². The fourth-order valence-corrected chi connectivity index (χ4v) is 3.76. The van der Waals surface area contributed by atoms with E-state index in [1.807, 2.05) is 4.90 Å². The second kappa shape index (κ2) is 10.3. The van der Waals surface area contributed by atoms with E-state index in [4.69, 9.17) is 10.5 Å². The number of hydrogen-bond donors (Lipinski definition) is 2. The Labute approximate surface area is 169 Å². The van der Waals surface area contributed by atoms with Crippen LogP contribution >= 0.6 is 23.7 Å². The minimum atomic E-state index is -0.165. The molecule has 0 radical (unpaired) electrons. The van der Waals surface area contributed by atoms with Gasteiger partial charge in [0.15, 0.2) is 0 Å². The normalized spacial score (nSPS) is 12.7. The Morgan fingerprint density at radius 3 is 2.70 bits per heavy atom. The van der Waals surface area contributed by atoms with Crippen molar-refractivity contribution >= 4 is 41.2 Å². The summed E-state index contributed by atoms with van der Waals surface area (Å²) in [5.41, 5.74) is 7.31. The number of carbonyl (C=O) groups excluding carboxylic acids is 2. The molecule has 2 aromatic rings. The molecular formula is C19H24ClN3O3S. The van der Waals surface area contributed by atoms with Crippen molar-refractivity contribution in [2.24, 2.45) is 5.73 Å². The minimum Gasteiger partial charge on any atom is -0.492 e. The molecule has 8 heteroatoms. The molecule has 1 aromatic heterocycles. The molecule has 6 nitrogen and oxygen atoms in total. The smallest absolute Gasteiger partial charge is 0.224 e. The summed E-state index contributed by atoms with van der Waals surface area (Å²) in [6.07, 6.45) is 1.31. The maximum absolute atomic E-state index is 12.4. The third-order valence-corrected chi connectivity index (χ3v) is 5.27. The van der Waals surface area contributed by atoms with Crippen molar-refractivity contribution in [1.82, 2.24) is 4.90 Å². The van der Waals surface area contributed by atoms with E-state index in [1.165, 1.54) is 10.4 Å². The highest BCUT2D eigenvalue weighted by molar-refractivity contribution is 7.10. The van der Waals surface area contributed by atoms with Crippen LogP contribution in [0.4, 0.5) is 5.69 Å². The minimum absolute atomic E-state index is 0. The Morgan fingerprint density at radius 1 is 1.19 bits per heavy atom. The summed E-state index contributed by atoms with van der Waals surface area (Å²) in [6, 6.07) is 9.18. The third kappa shape index (κ3) is 5.95. The zero-order valence-corrected chi connectivity index (χ0v) is 16.6. The molecule has 1 aromatic carbocycles. The molecule has 0 unspecified atom stereocenters. The number of amides is 2. The van der Waals surface area contributed by atoms with Crippen LogP contribution in [0.2, 0.25) is 0 Å². The first kappa shape index (κ1) is 21.2. The first-order chi connectivity index (χ1) is 12.7. The lowest BCUT2D eigenvalue weighted by atomic mass is 10.1. The fourth-order valence-electron chi connectivity index (χ4n) is 2.87. The van der Waals surface area contributed by atoms with Crippen LogP contribution in [0.5, 0.6) is 5.75 Å². The molecule has 0 aliphatic carbocycles. The van der Waals surface area contributed by atoms with Crippen molar-refractivity contribution in [3.8, 4) is 5.75 Å². The number of hydrogen-bond acceptors (Lipinski definition) is 5. The number of ether oxygens (including phenoxy) is 1. The van der Waals surface area contributed by atoms with E-state index in [2.05, 4.69) is 16.8 Å². The monoisotopic (exact) mass is 409 g/mol. The Morgan fingerprint density at radius 2 is 1.96 bits per heavy atom. The molecule has 0 saturated carbocycles. The Bertz CT molecular complexity index is 764. The molecule has 2 heterocycles. The average molecular weight is 410 g/mol.